The van der Waals surface area contributed by atoms with Crippen molar-refractivity contribution in [2.45, 2.75) is 25.9 Å². The molecule has 33 heavy (non-hydrogen) atoms. The van der Waals surface area contributed by atoms with Crippen LogP contribution in [0.1, 0.15) is 30.9 Å². The quantitative estimate of drug-likeness (QED) is 0.511. The van der Waals surface area contributed by atoms with Gasteiger partial charge in [-0.1, -0.05) is 25.1 Å². The van der Waals surface area contributed by atoms with Crippen molar-refractivity contribution in [1.82, 2.24) is 4.98 Å². The van der Waals surface area contributed by atoms with Crippen LogP contribution >= 0.6 is 0 Å². The minimum atomic E-state index is -4.56. The molecule has 0 aliphatic carbocycles. The Bertz CT molecular complexity index is 1210. The number of anilines is 2. The van der Waals surface area contributed by atoms with E-state index in [4.69, 9.17) is 0 Å². The number of fused-ring (bicyclic) bond motifs is 1. The van der Waals surface area contributed by atoms with Gasteiger partial charge in [-0.2, -0.15) is 13.2 Å². The van der Waals surface area contributed by atoms with Crippen molar-refractivity contribution in [1.29, 1.82) is 0 Å². The summed E-state index contributed by atoms with van der Waals surface area (Å²) in [5.41, 5.74) is 2.71. The molecule has 0 spiro atoms. The number of carbonyl (C=O) groups is 1. The smallest absolute Gasteiger partial charge is 0.374 e. The second kappa shape index (κ2) is 9.05. The number of alkyl halides is 3. The van der Waals surface area contributed by atoms with Gasteiger partial charge in [-0.05, 0) is 53.4 Å². The molecule has 1 amide bonds. The molecule has 1 N–H and O–H groups in total. The molecule has 3 aromatic rings. The van der Waals surface area contributed by atoms with E-state index in [9.17, 15) is 18.0 Å². The molecule has 0 radical (unpaired) electrons. The fraction of sp³-hybridized carbons (Fsp3) is 0.240. The molecular weight excluding hydrogens is 429 g/mol. The Hall–Kier alpha value is -3.68. The van der Waals surface area contributed by atoms with Gasteiger partial charge in [0.1, 0.15) is 0 Å². The lowest BCUT2D eigenvalue weighted by molar-refractivity contribution is -0.137. The number of nitrogens with one attached hydrogen (secondary N) is 1. The SMILES string of the molecule is CCCN(C)c1cc2c(cc1C(F)(F)F)NC(=O)CC(c1cccc(-c3ccncc3)c1)=N2. The van der Waals surface area contributed by atoms with Crippen molar-refractivity contribution in [3.8, 4) is 11.1 Å². The van der Waals surface area contributed by atoms with Crippen molar-refractivity contribution >= 4 is 28.7 Å². The predicted molar refractivity (Wildman–Crippen MR) is 124 cm³/mol. The second-order valence-corrected chi connectivity index (χ2v) is 7.91. The van der Waals surface area contributed by atoms with Gasteiger partial charge < -0.3 is 10.2 Å². The molecule has 0 saturated heterocycles. The first-order valence-corrected chi connectivity index (χ1v) is 10.6. The fourth-order valence-corrected chi connectivity index (χ4v) is 3.89. The van der Waals surface area contributed by atoms with Gasteiger partial charge in [-0.25, -0.2) is 0 Å². The first-order valence-electron chi connectivity index (χ1n) is 10.6. The molecule has 2 aromatic carbocycles. The van der Waals surface area contributed by atoms with E-state index in [0.29, 0.717) is 24.4 Å². The fourth-order valence-electron chi connectivity index (χ4n) is 3.89. The number of carbonyl (C=O) groups excluding carboxylic acids is 1. The lowest BCUT2D eigenvalue weighted by Crippen LogP contribution is -2.22. The van der Waals surface area contributed by atoms with Gasteiger partial charge in [0.2, 0.25) is 5.91 Å². The summed E-state index contributed by atoms with van der Waals surface area (Å²) in [4.78, 5) is 22.8. The molecule has 4 rings (SSSR count). The number of halogens is 3. The van der Waals surface area contributed by atoms with Crippen molar-refractivity contribution in [3.63, 3.8) is 0 Å². The molecule has 170 valence electrons. The highest BCUT2D eigenvalue weighted by Crippen LogP contribution is 2.43. The molecule has 0 saturated carbocycles. The Labute approximate surface area is 190 Å². The topological polar surface area (TPSA) is 57.6 Å². The molecular formula is C25H23F3N4O. The highest BCUT2D eigenvalue weighted by molar-refractivity contribution is 6.17. The number of hydrogen-bond donors (Lipinski definition) is 1. The zero-order valence-electron chi connectivity index (χ0n) is 18.3. The van der Waals surface area contributed by atoms with Gasteiger partial charge in [-0.15, -0.1) is 0 Å². The first-order chi connectivity index (χ1) is 15.8. The van der Waals surface area contributed by atoms with E-state index in [-0.39, 0.29) is 17.8 Å². The first kappa shape index (κ1) is 22.5. The van der Waals surface area contributed by atoms with Crippen molar-refractivity contribution in [3.05, 3.63) is 72.1 Å². The summed E-state index contributed by atoms with van der Waals surface area (Å²) in [5.74, 6) is -0.412. The Kier molecular flexibility index (Phi) is 6.18. The summed E-state index contributed by atoms with van der Waals surface area (Å²) in [6.07, 6.45) is -0.522. The molecule has 0 fully saturated rings. The lowest BCUT2D eigenvalue weighted by Gasteiger charge is -2.24. The summed E-state index contributed by atoms with van der Waals surface area (Å²) < 4.78 is 41.4. The van der Waals surface area contributed by atoms with Crippen LogP contribution < -0.4 is 10.2 Å². The van der Waals surface area contributed by atoms with E-state index in [1.54, 1.807) is 24.3 Å². The average molecular weight is 452 g/mol. The zero-order chi connectivity index (χ0) is 23.6. The Morgan fingerprint density at radius 1 is 1.03 bits per heavy atom. The largest absolute Gasteiger partial charge is 0.418 e. The van der Waals surface area contributed by atoms with E-state index < -0.39 is 17.6 Å². The second-order valence-electron chi connectivity index (χ2n) is 7.91. The van der Waals surface area contributed by atoms with Gasteiger partial charge in [0.25, 0.3) is 0 Å². The van der Waals surface area contributed by atoms with Crippen LogP contribution in [0.4, 0.5) is 30.2 Å². The summed E-state index contributed by atoms with van der Waals surface area (Å²) in [6.45, 7) is 2.36. The number of benzene rings is 2. The van der Waals surface area contributed by atoms with Crippen LogP contribution in [0.25, 0.3) is 11.1 Å². The minimum absolute atomic E-state index is 0.0351. The third-order valence-corrected chi connectivity index (χ3v) is 5.46. The normalized spacial score (nSPS) is 13.6. The van der Waals surface area contributed by atoms with Gasteiger partial charge in [0.05, 0.1) is 34.8 Å². The lowest BCUT2D eigenvalue weighted by atomic mass is 10.0. The van der Waals surface area contributed by atoms with E-state index >= 15 is 0 Å². The molecule has 2 heterocycles. The third-order valence-electron chi connectivity index (χ3n) is 5.46. The van der Waals surface area contributed by atoms with Crippen LogP contribution in [-0.2, 0) is 11.0 Å². The monoisotopic (exact) mass is 452 g/mol. The number of aromatic nitrogens is 1. The van der Waals surface area contributed by atoms with E-state index in [1.807, 2.05) is 43.3 Å². The maximum atomic E-state index is 13.8. The molecule has 8 heteroatoms. The Morgan fingerprint density at radius 3 is 2.45 bits per heavy atom. The van der Waals surface area contributed by atoms with E-state index in [0.717, 1.165) is 22.8 Å². The van der Waals surface area contributed by atoms with Crippen LogP contribution in [0, 0.1) is 0 Å². The number of amides is 1. The van der Waals surface area contributed by atoms with Crippen molar-refractivity contribution in [2.24, 2.45) is 4.99 Å². The highest BCUT2D eigenvalue weighted by Gasteiger charge is 2.36. The number of rotatable bonds is 5. The van der Waals surface area contributed by atoms with Gasteiger partial charge >= 0.3 is 6.18 Å². The van der Waals surface area contributed by atoms with Crippen LogP contribution in [0.3, 0.4) is 0 Å². The van der Waals surface area contributed by atoms with Crippen LogP contribution in [0.5, 0.6) is 0 Å². The average Bonchev–Trinajstić information content (AvgIpc) is 2.96. The summed E-state index contributed by atoms with van der Waals surface area (Å²) in [5, 5.41) is 2.60. The van der Waals surface area contributed by atoms with E-state index in [1.165, 1.54) is 6.07 Å². The molecule has 1 aromatic heterocycles. The Balaban J connectivity index is 1.83. The van der Waals surface area contributed by atoms with Gasteiger partial charge in [0.15, 0.2) is 0 Å². The summed E-state index contributed by atoms with van der Waals surface area (Å²) in [6, 6.07) is 13.7. The molecule has 5 nitrogen and oxygen atoms in total. The summed E-state index contributed by atoms with van der Waals surface area (Å²) >= 11 is 0. The van der Waals surface area contributed by atoms with Crippen LogP contribution in [0.15, 0.2) is 65.9 Å². The maximum absolute atomic E-state index is 13.8. The molecule has 0 bridgehead atoms. The highest BCUT2D eigenvalue weighted by atomic mass is 19.4. The van der Waals surface area contributed by atoms with Crippen LogP contribution in [0.2, 0.25) is 0 Å². The number of nitrogens with zero attached hydrogens (tertiary/aromatic N) is 3. The maximum Gasteiger partial charge on any atom is 0.418 e. The molecule has 0 atom stereocenters. The minimum Gasteiger partial charge on any atom is -0.374 e. The third kappa shape index (κ3) is 4.89. The number of pyridine rings is 1. The van der Waals surface area contributed by atoms with Crippen LogP contribution in [-0.4, -0.2) is 30.2 Å². The predicted octanol–water partition coefficient (Wildman–Crippen LogP) is 6.08. The van der Waals surface area contributed by atoms with Crippen molar-refractivity contribution in [2.75, 3.05) is 23.8 Å². The molecule has 1 aliphatic rings. The standard InChI is InChI=1S/C25H23F3N4O/c1-3-11-32(2)23-14-22-21(13-19(23)25(26,27)28)31-24(33)15-20(30-22)18-6-4-5-17(12-18)16-7-9-29-10-8-16/h4-10,12-14H,3,11,15H2,1-2H3,(H,31,33). The Morgan fingerprint density at radius 2 is 1.76 bits per heavy atom. The zero-order valence-corrected chi connectivity index (χ0v) is 18.3. The van der Waals surface area contributed by atoms with Gasteiger partial charge in [-0.3, -0.25) is 14.8 Å². The summed E-state index contributed by atoms with van der Waals surface area (Å²) in [7, 11) is 1.62. The van der Waals surface area contributed by atoms with Gasteiger partial charge in [0, 0.05) is 26.0 Å². The molecule has 0 unspecified atom stereocenters. The molecule has 1 aliphatic heterocycles. The number of aliphatic imine (C=N–C) groups is 1. The van der Waals surface area contributed by atoms with E-state index in [2.05, 4.69) is 15.3 Å². The van der Waals surface area contributed by atoms with Crippen molar-refractivity contribution < 1.29 is 18.0 Å². The number of hydrogen-bond acceptors (Lipinski definition) is 4.